The van der Waals surface area contributed by atoms with Crippen LogP contribution in [0.2, 0.25) is 0 Å². The SMILES string of the molecule is CC.CC/C=C\C/C=C\C/C=C\C/C=C\C/C=C\C/C=C\CC[NH-].[NH2-].[Y]. The third kappa shape index (κ3) is 34.7. The molecule has 0 aromatic rings. The summed E-state index contributed by atoms with van der Waals surface area (Å²) in [6.07, 6.45) is 33.3. The molecule has 0 aromatic heterocycles. The Morgan fingerprint density at radius 2 is 0.808 bits per heavy atom. The molecule has 26 heavy (non-hydrogen) atoms. The molecule has 0 fully saturated rings. The quantitative estimate of drug-likeness (QED) is 0.260. The molecule has 0 aliphatic heterocycles. The van der Waals surface area contributed by atoms with Gasteiger partial charge >= 0.3 is 0 Å². The molecular weight excluding hydrogens is 393 g/mol. The number of nitrogens with two attached hydrogens (primary N) is 1. The molecular formula is C23H40N2Y-2. The Hall–Kier alpha value is -0.536. The van der Waals surface area contributed by atoms with Crippen molar-refractivity contribution < 1.29 is 32.7 Å². The maximum absolute atomic E-state index is 7.01. The summed E-state index contributed by atoms with van der Waals surface area (Å²) >= 11 is 0. The molecule has 1 radical (unpaired) electrons. The Morgan fingerprint density at radius 3 is 1.08 bits per heavy atom. The van der Waals surface area contributed by atoms with E-state index in [-0.39, 0.29) is 38.9 Å². The van der Waals surface area contributed by atoms with Crippen LogP contribution in [0.1, 0.15) is 65.7 Å². The van der Waals surface area contributed by atoms with E-state index in [9.17, 15) is 0 Å². The first-order valence-electron chi connectivity index (χ1n) is 9.46. The van der Waals surface area contributed by atoms with Gasteiger partial charge < -0.3 is 11.9 Å². The van der Waals surface area contributed by atoms with Gasteiger partial charge in [-0.15, -0.1) is 6.54 Å². The van der Waals surface area contributed by atoms with Crippen LogP contribution in [0, 0.1) is 0 Å². The van der Waals surface area contributed by atoms with Crippen LogP contribution in [0.15, 0.2) is 72.9 Å². The van der Waals surface area contributed by atoms with Gasteiger partial charge in [-0.3, -0.25) is 0 Å². The van der Waals surface area contributed by atoms with Crippen LogP contribution in [-0.2, 0) is 32.7 Å². The average Bonchev–Trinajstić information content (AvgIpc) is 2.62. The van der Waals surface area contributed by atoms with Crippen molar-refractivity contribution in [2.45, 2.75) is 65.7 Å². The summed E-state index contributed by atoms with van der Waals surface area (Å²) in [5, 5.41) is 0. The molecule has 3 N–H and O–H groups in total. The summed E-state index contributed by atoms with van der Waals surface area (Å²) in [7, 11) is 0. The molecule has 0 heterocycles. The third-order valence-corrected chi connectivity index (χ3v) is 2.91. The Balaban J connectivity index is -0.000000582. The number of allylic oxidation sites excluding steroid dienone is 11. The minimum atomic E-state index is 0. The van der Waals surface area contributed by atoms with Crippen molar-refractivity contribution >= 4 is 0 Å². The Labute approximate surface area is 188 Å². The van der Waals surface area contributed by atoms with E-state index in [1.165, 1.54) is 0 Å². The molecule has 0 aliphatic carbocycles. The molecule has 0 aliphatic rings. The predicted molar refractivity (Wildman–Crippen MR) is 119 cm³/mol. The monoisotopic (exact) mass is 433 g/mol. The first kappa shape index (κ1) is 33.1. The number of hydrogen-bond donors (Lipinski definition) is 0. The van der Waals surface area contributed by atoms with Gasteiger partial charge in [-0.25, -0.2) is 0 Å². The van der Waals surface area contributed by atoms with Gasteiger partial charge in [-0.05, 0) is 38.5 Å². The van der Waals surface area contributed by atoms with Gasteiger partial charge in [0, 0.05) is 32.7 Å². The first-order valence-corrected chi connectivity index (χ1v) is 9.46. The van der Waals surface area contributed by atoms with Crippen molar-refractivity contribution in [3.05, 3.63) is 84.8 Å². The average molecular weight is 433 g/mol. The standard InChI is InChI=1S/C21H32N.C2H6.H2N.Y/c1-2-3-4-5-6-7-8-9-10-11-12-13-14-15-16-17-18-19-20-21-22;1-2;;/h3-4,6-7,9-10,12-13,15-16,18-19,22H,2,5,8,11,14,17,20-21H2,1H3;1-2H3;1H2;/q-1;;-1;/b4-3-,7-6-,10-9-,13-12-,16-15-,19-18-;;;. The van der Waals surface area contributed by atoms with Crippen molar-refractivity contribution in [3.8, 4) is 0 Å². The van der Waals surface area contributed by atoms with Gasteiger partial charge in [0.25, 0.3) is 0 Å². The van der Waals surface area contributed by atoms with Crippen LogP contribution in [0.3, 0.4) is 0 Å². The zero-order valence-corrected chi connectivity index (χ0v) is 20.1. The number of hydrogen-bond acceptors (Lipinski definition) is 0. The zero-order chi connectivity index (χ0) is 18.1. The summed E-state index contributed by atoms with van der Waals surface area (Å²) in [4.78, 5) is 0. The molecule has 0 saturated heterocycles. The minimum absolute atomic E-state index is 0. The van der Waals surface area contributed by atoms with Crippen molar-refractivity contribution in [2.75, 3.05) is 6.54 Å². The van der Waals surface area contributed by atoms with E-state index in [0.29, 0.717) is 6.54 Å². The van der Waals surface area contributed by atoms with Crippen molar-refractivity contribution in [2.24, 2.45) is 0 Å². The molecule has 147 valence electrons. The summed E-state index contributed by atoms with van der Waals surface area (Å²) in [5.41, 5.74) is 7.01. The van der Waals surface area contributed by atoms with Crippen LogP contribution in [-0.4, -0.2) is 6.54 Å². The van der Waals surface area contributed by atoms with Crippen LogP contribution in [0.25, 0.3) is 11.9 Å². The van der Waals surface area contributed by atoms with E-state index in [1.54, 1.807) is 0 Å². The van der Waals surface area contributed by atoms with E-state index in [2.05, 4.69) is 79.8 Å². The van der Waals surface area contributed by atoms with Crippen molar-refractivity contribution in [3.63, 3.8) is 0 Å². The van der Waals surface area contributed by atoms with Gasteiger partial charge in [-0.1, -0.05) is 100 Å². The van der Waals surface area contributed by atoms with Gasteiger partial charge in [0.05, 0.1) is 0 Å². The summed E-state index contributed by atoms with van der Waals surface area (Å²) < 4.78 is 0. The van der Waals surface area contributed by atoms with E-state index in [1.807, 2.05) is 13.8 Å². The molecule has 0 rings (SSSR count). The number of nitrogens with one attached hydrogen (secondary N) is 1. The first-order chi connectivity index (χ1) is 11.9. The summed E-state index contributed by atoms with van der Waals surface area (Å²) in [6.45, 7) is 6.65. The second kappa shape index (κ2) is 35.6. The summed E-state index contributed by atoms with van der Waals surface area (Å²) in [6, 6.07) is 0. The molecule has 3 heteroatoms. The zero-order valence-electron chi connectivity index (χ0n) is 17.2. The molecule has 0 saturated carbocycles. The third-order valence-electron chi connectivity index (χ3n) is 2.91. The van der Waals surface area contributed by atoms with E-state index in [4.69, 9.17) is 5.73 Å². The Kier molecular flexibility index (Phi) is 45.2. The van der Waals surface area contributed by atoms with Crippen molar-refractivity contribution in [1.82, 2.24) is 0 Å². The van der Waals surface area contributed by atoms with Crippen LogP contribution in [0.4, 0.5) is 0 Å². The molecule has 0 atom stereocenters. The second-order valence-electron chi connectivity index (χ2n) is 4.95. The fourth-order valence-corrected chi connectivity index (χ4v) is 1.72. The number of rotatable bonds is 13. The van der Waals surface area contributed by atoms with Gasteiger partial charge in [0.2, 0.25) is 0 Å². The minimum Gasteiger partial charge on any atom is -0.693 e. The van der Waals surface area contributed by atoms with Crippen molar-refractivity contribution in [1.29, 1.82) is 0 Å². The van der Waals surface area contributed by atoms with E-state index < -0.39 is 0 Å². The maximum Gasteiger partial charge on any atom is 0 e. The molecule has 0 amide bonds. The second-order valence-corrected chi connectivity index (χ2v) is 4.95. The van der Waals surface area contributed by atoms with Gasteiger partial charge in [0.1, 0.15) is 0 Å². The van der Waals surface area contributed by atoms with Crippen LogP contribution < -0.4 is 0 Å². The fraction of sp³-hybridized carbons (Fsp3) is 0.478. The molecule has 0 unspecified atom stereocenters. The molecule has 0 spiro atoms. The maximum atomic E-state index is 7.01. The smallest absolute Gasteiger partial charge is 0 e. The van der Waals surface area contributed by atoms with Crippen LogP contribution in [0.5, 0.6) is 0 Å². The normalized spacial score (nSPS) is 11.5. The van der Waals surface area contributed by atoms with Gasteiger partial charge in [-0.2, -0.15) is 0 Å². The Bertz CT molecular complexity index is 391. The van der Waals surface area contributed by atoms with E-state index >= 15 is 0 Å². The summed E-state index contributed by atoms with van der Waals surface area (Å²) in [5.74, 6) is 0. The Morgan fingerprint density at radius 1 is 0.538 bits per heavy atom. The van der Waals surface area contributed by atoms with E-state index in [0.717, 1.165) is 44.9 Å². The largest absolute Gasteiger partial charge is 0.693 e. The molecule has 0 bridgehead atoms. The topological polar surface area (TPSA) is 57.3 Å². The van der Waals surface area contributed by atoms with Gasteiger partial charge in [0.15, 0.2) is 0 Å². The van der Waals surface area contributed by atoms with Crippen LogP contribution >= 0.6 is 0 Å². The molecule has 0 aromatic carbocycles. The fourth-order valence-electron chi connectivity index (χ4n) is 1.72. The molecule has 2 nitrogen and oxygen atoms in total. The predicted octanol–water partition coefficient (Wildman–Crippen LogP) is 8.87.